The molecule has 22 heavy (non-hydrogen) atoms. The third-order valence-electron chi connectivity index (χ3n) is 4.01. The van der Waals surface area contributed by atoms with Crippen LogP contribution in [0.4, 0.5) is 0 Å². The van der Waals surface area contributed by atoms with Crippen LogP contribution < -0.4 is 0 Å². The van der Waals surface area contributed by atoms with E-state index in [1.54, 1.807) is 11.0 Å². The van der Waals surface area contributed by atoms with Gasteiger partial charge in [-0.1, -0.05) is 16.7 Å². The molecule has 2 heterocycles. The van der Waals surface area contributed by atoms with Crippen LogP contribution in [0.25, 0.3) is 0 Å². The molecule has 1 fully saturated rings. The second-order valence-corrected chi connectivity index (χ2v) is 5.70. The molecule has 1 saturated carbocycles. The molecule has 0 aromatic carbocycles. The maximum Gasteiger partial charge on any atom is 0.230 e. The van der Waals surface area contributed by atoms with Gasteiger partial charge in [0.05, 0.1) is 18.7 Å². The minimum atomic E-state index is -0.0337. The predicted octanol–water partition coefficient (Wildman–Crippen LogP) is 2.22. The molecule has 0 radical (unpaired) electrons. The molecule has 0 aliphatic heterocycles. The van der Waals surface area contributed by atoms with Crippen LogP contribution >= 0.6 is 0 Å². The van der Waals surface area contributed by atoms with Gasteiger partial charge in [0, 0.05) is 18.5 Å². The van der Waals surface area contributed by atoms with Gasteiger partial charge in [-0.3, -0.25) is 4.79 Å². The molecule has 0 N–H and O–H groups in total. The van der Waals surface area contributed by atoms with Crippen LogP contribution in [-0.4, -0.2) is 32.6 Å². The van der Waals surface area contributed by atoms with Crippen LogP contribution in [0.1, 0.15) is 55.3 Å². The fourth-order valence-electron chi connectivity index (χ4n) is 2.46. The first-order valence-electron chi connectivity index (χ1n) is 7.68. The van der Waals surface area contributed by atoms with E-state index in [4.69, 9.17) is 9.05 Å². The second-order valence-electron chi connectivity index (χ2n) is 5.70. The third-order valence-corrected chi connectivity index (χ3v) is 4.01. The topological polar surface area (TPSA) is 85.3 Å². The van der Waals surface area contributed by atoms with Gasteiger partial charge in [-0.05, 0) is 26.7 Å². The standard InChI is InChI=1S/C15H20N4O3/c1-3-19(14(20)8-12-7-10(2)17-21-12)9-13-16-15(22-18-13)11-5-4-6-11/h7,11H,3-6,8-9H2,1-2H3. The van der Waals surface area contributed by atoms with E-state index in [1.807, 2.05) is 13.8 Å². The lowest BCUT2D eigenvalue weighted by molar-refractivity contribution is -0.131. The highest BCUT2D eigenvalue weighted by atomic mass is 16.5. The monoisotopic (exact) mass is 304 g/mol. The number of aromatic nitrogens is 3. The highest BCUT2D eigenvalue weighted by Gasteiger charge is 2.26. The molecular weight excluding hydrogens is 284 g/mol. The Morgan fingerprint density at radius 2 is 2.18 bits per heavy atom. The molecule has 0 unspecified atom stereocenters. The van der Waals surface area contributed by atoms with Crippen molar-refractivity contribution in [3.8, 4) is 0 Å². The first kappa shape index (κ1) is 14.7. The number of amides is 1. The number of hydrogen-bond acceptors (Lipinski definition) is 6. The van der Waals surface area contributed by atoms with Crippen molar-refractivity contribution in [1.82, 2.24) is 20.2 Å². The van der Waals surface area contributed by atoms with Gasteiger partial charge in [0.15, 0.2) is 5.82 Å². The lowest BCUT2D eigenvalue weighted by Gasteiger charge is -2.20. The van der Waals surface area contributed by atoms with Crippen LogP contribution in [0, 0.1) is 6.92 Å². The van der Waals surface area contributed by atoms with E-state index in [0.717, 1.165) is 18.5 Å². The summed E-state index contributed by atoms with van der Waals surface area (Å²) in [6.07, 6.45) is 3.65. The molecule has 0 saturated heterocycles. The van der Waals surface area contributed by atoms with Crippen LogP contribution in [0.5, 0.6) is 0 Å². The van der Waals surface area contributed by atoms with Crippen molar-refractivity contribution >= 4 is 5.91 Å². The summed E-state index contributed by atoms with van der Waals surface area (Å²) < 4.78 is 10.4. The molecule has 0 spiro atoms. The summed E-state index contributed by atoms with van der Waals surface area (Å²) in [4.78, 5) is 18.4. The summed E-state index contributed by atoms with van der Waals surface area (Å²) in [5.74, 6) is 2.21. The van der Waals surface area contributed by atoms with Gasteiger partial charge in [-0.25, -0.2) is 0 Å². The zero-order valence-corrected chi connectivity index (χ0v) is 12.9. The number of rotatable bonds is 6. The van der Waals surface area contributed by atoms with E-state index in [1.165, 1.54) is 6.42 Å². The average Bonchev–Trinajstić information content (AvgIpc) is 3.03. The quantitative estimate of drug-likeness (QED) is 0.813. The molecule has 1 aliphatic rings. The van der Waals surface area contributed by atoms with Gasteiger partial charge in [-0.15, -0.1) is 0 Å². The zero-order chi connectivity index (χ0) is 15.5. The van der Waals surface area contributed by atoms with Crippen LogP contribution in [0.3, 0.4) is 0 Å². The SMILES string of the molecule is CCN(Cc1noc(C2CCC2)n1)C(=O)Cc1cc(C)no1. The van der Waals surface area contributed by atoms with Gasteiger partial charge in [0.25, 0.3) is 0 Å². The predicted molar refractivity (Wildman–Crippen MR) is 76.9 cm³/mol. The molecule has 7 nitrogen and oxygen atoms in total. The van der Waals surface area contributed by atoms with Crippen molar-refractivity contribution in [2.24, 2.45) is 0 Å². The first-order valence-corrected chi connectivity index (χ1v) is 7.68. The van der Waals surface area contributed by atoms with E-state index in [-0.39, 0.29) is 12.3 Å². The fraction of sp³-hybridized carbons (Fsp3) is 0.600. The Morgan fingerprint density at radius 1 is 1.36 bits per heavy atom. The Hall–Kier alpha value is -2.18. The van der Waals surface area contributed by atoms with Gasteiger partial charge >= 0.3 is 0 Å². The van der Waals surface area contributed by atoms with Crippen molar-refractivity contribution in [3.63, 3.8) is 0 Å². The number of carbonyl (C=O) groups excluding carboxylic acids is 1. The Labute approximate surface area is 128 Å². The van der Waals surface area contributed by atoms with Crippen LogP contribution in [0.15, 0.2) is 15.1 Å². The summed E-state index contributed by atoms with van der Waals surface area (Å²) in [5.41, 5.74) is 0.772. The minimum absolute atomic E-state index is 0.0337. The zero-order valence-electron chi connectivity index (χ0n) is 12.9. The molecular formula is C15H20N4O3. The maximum atomic E-state index is 12.3. The second kappa shape index (κ2) is 6.29. The molecule has 1 aliphatic carbocycles. The van der Waals surface area contributed by atoms with Crippen molar-refractivity contribution in [2.45, 2.75) is 52.0 Å². The van der Waals surface area contributed by atoms with E-state index in [9.17, 15) is 4.79 Å². The summed E-state index contributed by atoms with van der Waals surface area (Å²) in [6.45, 7) is 4.70. The normalized spacial score (nSPS) is 14.8. The smallest absolute Gasteiger partial charge is 0.230 e. The summed E-state index contributed by atoms with van der Waals surface area (Å²) >= 11 is 0. The summed E-state index contributed by atoms with van der Waals surface area (Å²) in [6, 6.07) is 1.77. The molecule has 1 amide bonds. The number of nitrogens with zero attached hydrogens (tertiary/aromatic N) is 4. The summed E-state index contributed by atoms with van der Waals surface area (Å²) in [5, 5.41) is 7.78. The molecule has 7 heteroatoms. The van der Waals surface area contributed by atoms with E-state index >= 15 is 0 Å². The highest BCUT2D eigenvalue weighted by Crippen LogP contribution is 2.35. The fourth-order valence-corrected chi connectivity index (χ4v) is 2.46. The Morgan fingerprint density at radius 3 is 2.77 bits per heavy atom. The van der Waals surface area contributed by atoms with Gasteiger partial charge in [-0.2, -0.15) is 4.98 Å². The lowest BCUT2D eigenvalue weighted by Crippen LogP contribution is -2.32. The molecule has 0 atom stereocenters. The molecule has 2 aromatic heterocycles. The van der Waals surface area contributed by atoms with E-state index in [0.29, 0.717) is 36.5 Å². The Kier molecular flexibility index (Phi) is 4.22. The maximum absolute atomic E-state index is 12.3. The van der Waals surface area contributed by atoms with Crippen LogP contribution in [0.2, 0.25) is 0 Å². The number of hydrogen-bond donors (Lipinski definition) is 0. The lowest BCUT2D eigenvalue weighted by atomic mass is 9.85. The van der Waals surface area contributed by atoms with E-state index in [2.05, 4.69) is 15.3 Å². The Balaban J connectivity index is 1.60. The van der Waals surface area contributed by atoms with Crippen LogP contribution in [-0.2, 0) is 17.8 Å². The molecule has 2 aromatic rings. The van der Waals surface area contributed by atoms with Crippen molar-refractivity contribution < 1.29 is 13.8 Å². The molecule has 3 rings (SSSR count). The summed E-state index contributed by atoms with van der Waals surface area (Å²) in [7, 11) is 0. The largest absolute Gasteiger partial charge is 0.361 e. The molecule has 0 bridgehead atoms. The van der Waals surface area contributed by atoms with Crippen molar-refractivity contribution in [1.29, 1.82) is 0 Å². The van der Waals surface area contributed by atoms with Gasteiger partial charge < -0.3 is 13.9 Å². The van der Waals surface area contributed by atoms with Gasteiger partial charge in [0.1, 0.15) is 5.76 Å². The highest BCUT2D eigenvalue weighted by molar-refractivity contribution is 5.78. The van der Waals surface area contributed by atoms with Crippen molar-refractivity contribution in [3.05, 3.63) is 29.2 Å². The average molecular weight is 304 g/mol. The van der Waals surface area contributed by atoms with Gasteiger partial charge in [0.2, 0.25) is 11.8 Å². The minimum Gasteiger partial charge on any atom is -0.361 e. The number of likely N-dealkylation sites (N-methyl/N-ethyl adjacent to an activating group) is 1. The number of carbonyl (C=O) groups is 1. The third kappa shape index (κ3) is 3.18. The number of aryl methyl sites for hydroxylation is 1. The first-order chi connectivity index (χ1) is 10.7. The molecule has 118 valence electrons. The van der Waals surface area contributed by atoms with Crippen molar-refractivity contribution in [2.75, 3.05) is 6.54 Å². The van der Waals surface area contributed by atoms with E-state index < -0.39 is 0 Å². The Bertz CT molecular complexity index is 645.